The molecule has 0 saturated heterocycles. The summed E-state index contributed by atoms with van der Waals surface area (Å²) in [4.78, 5) is 10.5. The first-order valence-electron chi connectivity index (χ1n) is 4.56. The SMILES string of the molecule is Cn1nc(C=O)cc1-c1ccc(F)cc1F. The third-order valence-corrected chi connectivity index (χ3v) is 2.23. The normalized spacial score (nSPS) is 10.4. The summed E-state index contributed by atoms with van der Waals surface area (Å²) in [6, 6.07) is 4.72. The molecule has 1 aromatic heterocycles. The van der Waals surface area contributed by atoms with Crippen LogP contribution >= 0.6 is 0 Å². The molecule has 1 aromatic carbocycles. The van der Waals surface area contributed by atoms with Gasteiger partial charge in [0.2, 0.25) is 0 Å². The fourth-order valence-corrected chi connectivity index (χ4v) is 1.50. The van der Waals surface area contributed by atoms with Crippen molar-refractivity contribution in [3.8, 4) is 11.3 Å². The monoisotopic (exact) mass is 222 g/mol. The number of carbonyl (C=O) groups is 1. The second-order valence-corrected chi connectivity index (χ2v) is 3.32. The second kappa shape index (κ2) is 3.84. The Morgan fingerprint density at radius 1 is 1.31 bits per heavy atom. The van der Waals surface area contributed by atoms with Gasteiger partial charge in [0.15, 0.2) is 6.29 Å². The zero-order valence-corrected chi connectivity index (χ0v) is 8.45. The molecule has 2 rings (SSSR count). The minimum absolute atomic E-state index is 0.209. The molecule has 0 atom stereocenters. The van der Waals surface area contributed by atoms with Gasteiger partial charge in [-0.1, -0.05) is 0 Å². The number of hydrogen-bond donors (Lipinski definition) is 0. The van der Waals surface area contributed by atoms with Crippen molar-refractivity contribution in [1.29, 1.82) is 0 Å². The lowest BCUT2D eigenvalue weighted by molar-refractivity contribution is 0.111. The lowest BCUT2D eigenvalue weighted by atomic mass is 10.1. The number of carbonyl (C=O) groups excluding carboxylic acids is 1. The molecular formula is C11H8F2N2O. The van der Waals surface area contributed by atoms with E-state index >= 15 is 0 Å². The van der Waals surface area contributed by atoms with E-state index in [0.717, 1.165) is 12.1 Å². The predicted molar refractivity (Wildman–Crippen MR) is 53.9 cm³/mol. The maximum Gasteiger partial charge on any atom is 0.170 e. The Bertz CT molecular complexity index is 549. The van der Waals surface area contributed by atoms with Crippen LogP contribution in [0.5, 0.6) is 0 Å². The minimum Gasteiger partial charge on any atom is -0.296 e. The molecule has 0 N–H and O–H groups in total. The number of rotatable bonds is 2. The maximum atomic E-state index is 13.5. The van der Waals surface area contributed by atoms with E-state index < -0.39 is 11.6 Å². The van der Waals surface area contributed by atoms with Gasteiger partial charge >= 0.3 is 0 Å². The second-order valence-electron chi connectivity index (χ2n) is 3.32. The van der Waals surface area contributed by atoms with Gasteiger partial charge in [-0.2, -0.15) is 5.10 Å². The molecule has 0 aliphatic carbocycles. The zero-order valence-electron chi connectivity index (χ0n) is 8.45. The van der Waals surface area contributed by atoms with Crippen molar-refractivity contribution in [2.24, 2.45) is 7.05 Å². The molecule has 0 bridgehead atoms. The van der Waals surface area contributed by atoms with Gasteiger partial charge in [-0.3, -0.25) is 9.48 Å². The number of hydrogen-bond acceptors (Lipinski definition) is 2. The zero-order chi connectivity index (χ0) is 11.7. The summed E-state index contributed by atoms with van der Waals surface area (Å²) in [5, 5.41) is 3.86. The van der Waals surface area contributed by atoms with Gasteiger partial charge in [-0.25, -0.2) is 8.78 Å². The molecule has 0 unspecified atom stereocenters. The highest BCUT2D eigenvalue weighted by Crippen LogP contribution is 2.23. The van der Waals surface area contributed by atoms with Gasteiger partial charge < -0.3 is 0 Å². The summed E-state index contributed by atoms with van der Waals surface area (Å²) in [6.07, 6.45) is 0.574. The topological polar surface area (TPSA) is 34.9 Å². The lowest BCUT2D eigenvalue weighted by Crippen LogP contribution is -1.96. The van der Waals surface area contributed by atoms with E-state index in [2.05, 4.69) is 5.10 Å². The van der Waals surface area contributed by atoms with E-state index in [4.69, 9.17) is 0 Å². The predicted octanol–water partition coefficient (Wildman–Crippen LogP) is 2.18. The van der Waals surface area contributed by atoms with E-state index in [9.17, 15) is 13.6 Å². The molecule has 0 aliphatic heterocycles. The van der Waals surface area contributed by atoms with E-state index in [1.165, 1.54) is 16.8 Å². The highest BCUT2D eigenvalue weighted by Gasteiger charge is 2.11. The Balaban J connectivity index is 2.57. The van der Waals surface area contributed by atoms with Gasteiger partial charge in [-0.05, 0) is 18.2 Å². The molecule has 0 aliphatic rings. The van der Waals surface area contributed by atoms with Crippen LogP contribution in [-0.4, -0.2) is 16.1 Å². The maximum absolute atomic E-state index is 13.5. The van der Waals surface area contributed by atoms with Crippen molar-refractivity contribution < 1.29 is 13.6 Å². The van der Waals surface area contributed by atoms with Crippen molar-refractivity contribution >= 4 is 6.29 Å². The molecule has 0 fully saturated rings. The third-order valence-electron chi connectivity index (χ3n) is 2.23. The smallest absolute Gasteiger partial charge is 0.170 e. The quantitative estimate of drug-likeness (QED) is 0.730. The Morgan fingerprint density at radius 3 is 2.62 bits per heavy atom. The fourth-order valence-electron chi connectivity index (χ4n) is 1.50. The van der Waals surface area contributed by atoms with E-state index in [-0.39, 0.29) is 11.3 Å². The minimum atomic E-state index is -0.680. The third kappa shape index (κ3) is 1.71. The average molecular weight is 222 g/mol. The largest absolute Gasteiger partial charge is 0.296 e. The molecule has 0 amide bonds. The van der Waals surface area contributed by atoms with Crippen LogP contribution in [0.15, 0.2) is 24.3 Å². The standard InChI is InChI=1S/C11H8F2N2O/c1-15-11(5-8(6-16)14-15)9-3-2-7(12)4-10(9)13/h2-6H,1H3. The van der Waals surface area contributed by atoms with Crippen LogP contribution in [-0.2, 0) is 7.05 Å². The van der Waals surface area contributed by atoms with Gasteiger partial charge in [0.05, 0.1) is 5.69 Å². The number of aromatic nitrogens is 2. The first kappa shape index (κ1) is 10.5. The Labute approximate surface area is 90.3 Å². The summed E-state index contributed by atoms with van der Waals surface area (Å²) in [6.45, 7) is 0. The van der Waals surface area contributed by atoms with Gasteiger partial charge in [-0.15, -0.1) is 0 Å². The van der Waals surface area contributed by atoms with Crippen LogP contribution < -0.4 is 0 Å². The average Bonchev–Trinajstić information content (AvgIpc) is 2.60. The molecule has 82 valence electrons. The van der Waals surface area contributed by atoms with Crippen LogP contribution in [0.4, 0.5) is 8.78 Å². The molecular weight excluding hydrogens is 214 g/mol. The molecule has 5 heteroatoms. The molecule has 0 spiro atoms. The van der Waals surface area contributed by atoms with E-state index in [1.807, 2.05) is 0 Å². The summed E-state index contributed by atoms with van der Waals surface area (Å²) in [7, 11) is 1.59. The number of aldehydes is 1. The molecule has 3 nitrogen and oxygen atoms in total. The van der Waals surface area contributed by atoms with Crippen LogP contribution in [0.2, 0.25) is 0 Å². The molecule has 0 saturated carbocycles. The van der Waals surface area contributed by atoms with Crippen molar-refractivity contribution in [3.63, 3.8) is 0 Å². The van der Waals surface area contributed by atoms with Crippen LogP contribution in [0, 0.1) is 11.6 Å². The number of halogens is 2. The molecule has 2 aromatic rings. The lowest BCUT2D eigenvalue weighted by Gasteiger charge is -2.03. The van der Waals surface area contributed by atoms with Crippen LogP contribution in [0.3, 0.4) is 0 Å². The Morgan fingerprint density at radius 2 is 2.06 bits per heavy atom. The van der Waals surface area contributed by atoms with Crippen molar-refractivity contribution in [2.45, 2.75) is 0 Å². The summed E-state index contributed by atoms with van der Waals surface area (Å²) in [5.74, 6) is -1.32. The molecule has 1 heterocycles. The van der Waals surface area contributed by atoms with Gasteiger partial charge in [0.1, 0.15) is 17.3 Å². The number of nitrogens with zero attached hydrogens (tertiary/aromatic N) is 2. The van der Waals surface area contributed by atoms with Gasteiger partial charge in [0, 0.05) is 18.7 Å². The molecule has 0 radical (unpaired) electrons. The Kier molecular flexibility index (Phi) is 2.52. The summed E-state index contributed by atoms with van der Waals surface area (Å²) in [5.41, 5.74) is 0.852. The number of aryl methyl sites for hydroxylation is 1. The highest BCUT2D eigenvalue weighted by molar-refractivity contribution is 5.75. The van der Waals surface area contributed by atoms with Crippen molar-refractivity contribution in [3.05, 3.63) is 41.6 Å². The fraction of sp³-hybridized carbons (Fsp3) is 0.0909. The molecule has 16 heavy (non-hydrogen) atoms. The van der Waals surface area contributed by atoms with Crippen LogP contribution in [0.1, 0.15) is 10.5 Å². The van der Waals surface area contributed by atoms with Gasteiger partial charge in [0.25, 0.3) is 0 Å². The highest BCUT2D eigenvalue weighted by atomic mass is 19.1. The van der Waals surface area contributed by atoms with E-state index in [0.29, 0.717) is 12.0 Å². The first-order chi connectivity index (χ1) is 7.61. The van der Waals surface area contributed by atoms with E-state index in [1.54, 1.807) is 7.05 Å². The summed E-state index contributed by atoms with van der Waals surface area (Å²) < 4.78 is 27.6. The number of benzene rings is 1. The van der Waals surface area contributed by atoms with Crippen LogP contribution in [0.25, 0.3) is 11.3 Å². The summed E-state index contributed by atoms with van der Waals surface area (Å²) >= 11 is 0. The van der Waals surface area contributed by atoms with Crippen molar-refractivity contribution in [2.75, 3.05) is 0 Å². The van der Waals surface area contributed by atoms with Crippen molar-refractivity contribution in [1.82, 2.24) is 9.78 Å². The Hall–Kier alpha value is -2.04. The first-order valence-corrected chi connectivity index (χ1v) is 4.56.